The molecule has 106 valence electrons. The maximum Gasteiger partial charge on any atom is 0.119 e. The van der Waals surface area contributed by atoms with E-state index in [2.05, 4.69) is 24.8 Å². The van der Waals surface area contributed by atoms with Gasteiger partial charge in [0.1, 0.15) is 5.75 Å². The number of rotatable bonds is 5. The van der Waals surface area contributed by atoms with Gasteiger partial charge in [-0.1, -0.05) is 12.1 Å². The Morgan fingerprint density at radius 1 is 1.42 bits per heavy atom. The highest BCUT2D eigenvalue weighted by Gasteiger charge is 2.28. The summed E-state index contributed by atoms with van der Waals surface area (Å²) >= 11 is 0. The van der Waals surface area contributed by atoms with E-state index in [1.807, 2.05) is 6.07 Å². The van der Waals surface area contributed by atoms with E-state index in [1.54, 1.807) is 13.2 Å². The van der Waals surface area contributed by atoms with Crippen LogP contribution in [0.25, 0.3) is 0 Å². The summed E-state index contributed by atoms with van der Waals surface area (Å²) in [4.78, 5) is 2.49. The molecule has 0 radical (unpaired) electrons. The monoisotopic (exact) mass is 263 g/mol. The molecule has 3 nitrogen and oxygen atoms in total. The first-order valence-corrected chi connectivity index (χ1v) is 7.20. The quantitative estimate of drug-likeness (QED) is 0.886. The summed E-state index contributed by atoms with van der Waals surface area (Å²) in [6.45, 7) is 6.15. The molecule has 19 heavy (non-hydrogen) atoms. The fraction of sp³-hybridized carbons (Fsp3) is 0.625. The van der Waals surface area contributed by atoms with Gasteiger partial charge in [-0.05, 0) is 50.3 Å². The van der Waals surface area contributed by atoms with Crippen LogP contribution in [0, 0.1) is 0 Å². The first kappa shape index (κ1) is 14.4. The smallest absolute Gasteiger partial charge is 0.119 e. The first-order valence-electron chi connectivity index (χ1n) is 7.20. The lowest BCUT2D eigenvalue weighted by atomic mass is 9.85. The van der Waals surface area contributed by atoms with Crippen LogP contribution in [0.3, 0.4) is 0 Å². The standard InChI is InChI=1S/C16H25NO2/c1-12(2)17(10-11-19-3)15-8-4-7-14-13(15)6-5-9-16(14)18/h5-6,9,12,15,18H,4,7-8,10-11H2,1-3H3. The third-order valence-electron chi connectivity index (χ3n) is 4.07. The van der Waals surface area contributed by atoms with Crippen LogP contribution in [0.4, 0.5) is 0 Å². The Balaban J connectivity index is 2.28. The minimum absolute atomic E-state index is 0.408. The van der Waals surface area contributed by atoms with Crippen LogP contribution < -0.4 is 0 Å². The fourth-order valence-electron chi connectivity index (χ4n) is 3.12. The number of phenols is 1. The number of ether oxygens (including phenoxy) is 1. The van der Waals surface area contributed by atoms with Crippen molar-refractivity contribution in [1.82, 2.24) is 4.90 Å². The summed E-state index contributed by atoms with van der Waals surface area (Å²) in [5, 5.41) is 10.0. The molecule has 1 atom stereocenters. The van der Waals surface area contributed by atoms with Crippen molar-refractivity contribution < 1.29 is 9.84 Å². The van der Waals surface area contributed by atoms with Crippen molar-refractivity contribution in [2.24, 2.45) is 0 Å². The third-order valence-corrected chi connectivity index (χ3v) is 4.07. The Kier molecular flexibility index (Phi) is 4.83. The van der Waals surface area contributed by atoms with Crippen molar-refractivity contribution in [3.8, 4) is 5.75 Å². The number of methoxy groups -OCH3 is 1. The fourth-order valence-corrected chi connectivity index (χ4v) is 3.12. The second-order valence-corrected chi connectivity index (χ2v) is 5.58. The van der Waals surface area contributed by atoms with E-state index in [1.165, 1.54) is 12.0 Å². The molecule has 1 unspecified atom stereocenters. The second-order valence-electron chi connectivity index (χ2n) is 5.58. The number of benzene rings is 1. The second kappa shape index (κ2) is 6.40. The van der Waals surface area contributed by atoms with E-state index in [4.69, 9.17) is 4.74 Å². The number of fused-ring (bicyclic) bond motifs is 1. The van der Waals surface area contributed by atoms with Crippen molar-refractivity contribution in [2.75, 3.05) is 20.3 Å². The van der Waals surface area contributed by atoms with Gasteiger partial charge in [-0.25, -0.2) is 0 Å². The Bertz CT molecular complexity index is 417. The predicted molar refractivity (Wildman–Crippen MR) is 77.5 cm³/mol. The minimum Gasteiger partial charge on any atom is -0.508 e. The van der Waals surface area contributed by atoms with Crippen molar-refractivity contribution >= 4 is 0 Å². The molecule has 1 aliphatic carbocycles. The minimum atomic E-state index is 0.408. The summed E-state index contributed by atoms with van der Waals surface area (Å²) in [5.41, 5.74) is 2.44. The van der Waals surface area contributed by atoms with Crippen LogP contribution in [-0.2, 0) is 11.2 Å². The number of phenolic OH excluding ortho intramolecular Hbond substituents is 1. The average molecular weight is 263 g/mol. The molecule has 0 aromatic heterocycles. The Morgan fingerprint density at radius 2 is 2.21 bits per heavy atom. The lowest BCUT2D eigenvalue weighted by Crippen LogP contribution is -2.38. The molecule has 1 aromatic carbocycles. The van der Waals surface area contributed by atoms with Crippen LogP contribution in [-0.4, -0.2) is 36.3 Å². The van der Waals surface area contributed by atoms with E-state index in [9.17, 15) is 5.11 Å². The highest BCUT2D eigenvalue weighted by atomic mass is 16.5. The predicted octanol–water partition coefficient (Wildman–Crippen LogP) is 3.13. The molecule has 1 aliphatic rings. The van der Waals surface area contributed by atoms with Crippen LogP contribution in [0.5, 0.6) is 5.75 Å². The van der Waals surface area contributed by atoms with Gasteiger partial charge in [-0.3, -0.25) is 4.90 Å². The van der Waals surface area contributed by atoms with Crippen LogP contribution in [0.1, 0.15) is 43.9 Å². The molecule has 0 bridgehead atoms. The number of hydrogen-bond donors (Lipinski definition) is 1. The van der Waals surface area contributed by atoms with Gasteiger partial charge >= 0.3 is 0 Å². The van der Waals surface area contributed by atoms with Gasteiger partial charge in [-0.15, -0.1) is 0 Å². The van der Waals surface area contributed by atoms with E-state index >= 15 is 0 Å². The largest absolute Gasteiger partial charge is 0.508 e. The molecule has 0 amide bonds. The molecule has 0 heterocycles. The van der Waals surface area contributed by atoms with E-state index in [0.29, 0.717) is 17.8 Å². The highest BCUT2D eigenvalue weighted by Crippen LogP contribution is 2.38. The summed E-state index contributed by atoms with van der Waals surface area (Å²) in [5.74, 6) is 0.456. The SMILES string of the molecule is COCCN(C(C)C)C1CCCc2c(O)cccc21. The third kappa shape index (κ3) is 3.10. The number of hydrogen-bond acceptors (Lipinski definition) is 3. The van der Waals surface area contributed by atoms with E-state index < -0.39 is 0 Å². The zero-order valence-corrected chi connectivity index (χ0v) is 12.2. The Hall–Kier alpha value is -1.06. The first-order chi connectivity index (χ1) is 9.15. The Morgan fingerprint density at radius 3 is 2.89 bits per heavy atom. The van der Waals surface area contributed by atoms with Crippen LogP contribution >= 0.6 is 0 Å². The molecular formula is C16H25NO2. The van der Waals surface area contributed by atoms with Crippen molar-refractivity contribution in [2.45, 2.75) is 45.2 Å². The molecule has 0 spiro atoms. The molecule has 2 rings (SSSR count). The van der Waals surface area contributed by atoms with Gasteiger partial charge in [0.15, 0.2) is 0 Å². The van der Waals surface area contributed by atoms with Gasteiger partial charge < -0.3 is 9.84 Å². The zero-order chi connectivity index (χ0) is 13.8. The van der Waals surface area contributed by atoms with Crippen molar-refractivity contribution in [3.05, 3.63) is 29.3 Å². The van der Waals surface area contributed by atoms with E-state index in [-0.39, 0.29) is 0 Å². The van der Waals surface area contributed by atoms with Gasteiger partial charge in [0, 0.05) is 25.7 Å². The lowest BCUT2D eigenvalue weighted by molar-refractivity contribution is 0.0874. The zero-order valence-electron chi connectivity index (χ0n) is 12.2. The molecule has 0 saturated heterocycles. The topological polar surface area (TPSA) is 32.7 Å². The van der Waals surface area contributed by atoms with Gasteiger partial charge in [-0.2, -0.15) is 0 Å². The molecule has 1 aromatic rings. The van der Waals surface area contributed by atoms with Crippen LogP contribution in [0.2, 0.25) is 0 Å². The van der Waals surface area contributed by atoms with Crippen LogP contribution in [0.15, 0.2) is 18.2 Å². The average Bonchev–Trinajstić information content (AvgIpc) is 2.40. The summed E-state index contributed by atoms with van der Waals surface area (Å²) in [7, 11) is 1.75. The number of nitrogens with zero attached hydrogens (tertiary/aromatic N) is 1. The normalized spacial score (nSPS) is 18.9. The summed E-state index contributed by atoms with van der Waals surface area (Å²) < 4.78 is 5.23. The van der Waals surface area contributed by atoms with E-state index in [0.717, 1.165) is 31.6 Å². The van der Waals surface area contributed by atoms with Crippen molar-refractivity contribution in [3.63, 3.8) is 0 Å². The molecular weight excluding hydrogens is 238 g/mol. The van der Waals surface area contributed by atoms with Gasteiger partial charge in [0.25, 0.3) is 0 Å². The molecule has 0 saturated carbocycles. The molecule has 0 aliphatic heterocycles. The molecule has 0 fully saturated rings. The molecule has 3 heteroatoms. The lowest BCUT2D eigenvalue weighted by Gasteiger charge is -2.38. The van der Waals surface area contributed by atoms with Crippen molar-refractivity contribution in [1.29, 1.82) is 0 Å². The Labute approximate surface area is 116 Å². The highest BCUT2D eigenvalue weighted by molar-refractivity contribution is 5.42. The summed E-state index contributed by atoms with van der Waals surface area (Å²) in [6, 6.07) is 6.82. The maximum absolute atomic E-state index is 10.0. The maximum atomic E-state index is 10.0. The van der Waals surface area contributed by atoms with Gasteiger partial charge in [0.2, 0.25) is 0 Å². The summed E-state index contributed by atoms with van der Waals surface area (Å²) in [6.07, 6.45) is 3.30. The van der Waals surface area contributed by atoms with Gasteiger partial charge in [0.05, 0.1) is 6.61 Å². The number of aromatic hydroxyl groups is 1. The molecule has 1 N–H and O–H groups in total.